The van der Waals surface area contributed by atoms with E-state index >= 15 is 0 Å². The first-order valence-corrected chi connectivity index (χ1v) is 4.82. The zero-order valence-electron chi connectivity index (χ0n) is 10.5. The molecule has 0 atom stereocenters. The van der Waals surface area contributed by atoms with E-state index in [1.54, 1.807) is 0 Å². The van der Waals surface area contributed by atoms with Gasteiger partial charge in [-0.05, 0) is 42.5 Å². The first-order chi connectivity index (χ1) is 7.60. The maximum absolute atomic E-state index is 8.68. The third kappa shape index (κ3) is 4.44. The van der Waals surface area contributed by atoms with E-state index in [1.807, 2.05) is 26.0 Å². The van der Waals surface area contributed by atoms with Crippen molar-refractivity contribution in [3.8, 4) is 0 Å². The van der Waals surface area contributed by atoms with Gasteiger partial charge in [0, 0.05) is 6.33 Å². The largest absolute Gasteiger partial charge is 1.00 e. The normalized spacial score (nSPS) is 8.88. The number of nitrogens with zero attached hydrogens (tertiary/aromatic N) is 2. The number of benzene rings is 1. The second-order valence-electron chi connectivity index (χ2n) is 3.38. The summed E-state index contributed by atoms with van der Waals surface area (Å²) in [4.78, 5) is 16.6. The average molecular weight is 254 g/mol. The van der Waals surface area contributed by atoms with Crippen LogP contribution in [0.2, 0.25) is 0 Å². The molecule has 5 heteroatoms. The summed E-state index contributed by atoms with van der Waals surface area (Å²) in [6.07, 6.45) is 2.93. The molecule has 0 bridgehead atoms. The Balaban J connectivity index is 0.000000583. The number of rotatable bonds is 0. The van der Waals surface area contributed by atoms with Crippen LogP contribution in [0.3, 0.4) is 0 Å². The van der Waals surface area contributed by atoms with Gasteiger partial charge in [-0.25, -0.2) is 0 Å². The van der Waals surface area contributed by atoms with Crippen LogP contribution in [0.5, 0.6) is 0 Å². The number of aryl methyl sites for hydroxylation is 2. The van der Waals surface area contributed by atoms with E-state index in [1.165, 1.54) is 30.7 Å². The molecule has 84 valence electrons. The van der Waals surface area contributed by atoms with E-state index in [9.17, 15) is 0 Å². The number of carbonyl (C=O) groups excluding carboxylic acids is 1. The average Bonchev–Trinajstić information content (AvgIpc) is 2.23. The molecule has 17 heavy (non-hydrogen) atoms. The molecule has 1 heterocycles. The minimum atomic E-state index is 0. The van der Waals surface area contributed by atoms with Crippen LogP contribution in [0.25, 0.3) is 16.6 Å². The quantitative estimate of drug-likeness (QED) is 0.493. The summed E-state index contributed by atoms with van der Waals surface area (Å²) >= 11 is 0. The fraction of sp³-hybridized carbons (Fsp3) is 0.250. The topological polar surface area (TPSA) is 66.7 Å². The molecule has 1 N–H and O–H groups in total. The van der Waals surface area contributed by atoms with Gasteiger partial charge >= 0.3 is 51.4 Å². The number of aromatic nitrogens is 2. The van der Waals surface area contributed by atoms with Gasteiger partial charge in [0.2, 0.25) is 0 Å². The Hall–Kier alpha value is -0.334. The Bertz CT molecular complexity index is 514. The number of hydrogen-bond donors (Lipinski definition) is 0. The summed E-state index contributed by atoms with van der Waals surface area (Å²) in [5, 5.41) is 0.825. The molecule has 0 unspecified atom stereocenters. The Morgan fingerprint density at radius 1 is 1.18 bits per heavy atom. The molecule has 0 fully saturated rings. The van der Waals surface area contributed by atoms with Gasteiger partial charge in [-0.3, -0.25) is 11.3 Å². The molecule has 1 aromatic heterocycles. The summed E-state index contributed by atoms with van der Waals surface area (Å²) in [5.41, 5.74) is 10.8. The SMILES string of the molecule is C[C-]=O.Cc1cc2ncnc([NH-])c2cc1C.[K+]. The van der Waals surface area contributed by atoms with Crippen molar-refractivity contribution in [2.24, 2.45) is 0 Å². The molecular weight excluding hydrogens is 241 g/mol. The van der Waals surface area contributed by atoms with Crippen molar-refractivity contribution in [1.82, 2.24) is 9.97 Å². The molecular formula is C12H13KN3O-. The van der Waals surface area contributed by atoms with Crippen molar-refractivity contribution in [1.29, 1.82) is 0 Å². The van der Waals surface area contributed by atoms with Crippen LogP contribution in [0.1, 0.15) is 18.1 Å². The summed E-state index contributed by atoms with van der Waals surface area (Å²) in [6.45, 7) is 5.39. The Kier molecular flexibility index (Phi) is 7.74. The van der Waals surface area contributed by atoms with Crippen molar-refractivity contribution in [2.75, 3.05) is 0 Å². The standard InChI is InChI=1S/C10H10N3.C2H3O.K/c1-6-3-8-9(4-7(6)2)12-5-13-10(8)11;1-2-3;/h3-5H,1-2H3,(H-,11,12,13);1H3;/q2*-1;+1. The summed E-state index contributed by atoms with van der Waals surface area (Å²) in [6, 6.07) is 3.96. The molecule has 0 saturated carbocycles. The first kappa shape index (κ1) is 16.7. The van der Waals surface area contributed by atoms with Crippen LogP contribution in [0.4, 0.5) is 5.82 Å². The van der Waals surface area contributed by atoms with Crippen molar-refractivity contribution in [3.05, 3.63) is 35.3 Å². The fourth-order valence-electron chi connectivity index (χ4n) is 1.32. The van der Waals surface area contributed by atoms with E-state index in [0.29, 0.717) is 5.82 Å². The molecule has 2 rings (SSSR count). The molecule has 4 nitrogen and oxygen atoms in total. The van der Waals surface area contributed by atoms with Crippen molar-refractivity contribution in [2.45, 2.75) is 20.8 Å². The van der Waals surface area contributed by atoms with Crippen molar-refractivity contribution in [3.63, 3.8) is 0 Å². The Labute approximate surface area is 143 Å². The molecule has 0 spiro atoms. The molecule has 0 aliphatic heterocycles. The van der Waals surface area contributed by atoms with Gasteiger partial charge in [0.05, 0.1) is 5.52 Å². The zero-order valence-corrected chi connectivity index (χ0v) is 13.7. The molecule has 0 amide bonds. The molecule has 0 saturated heterocycles. The second-order valence-corrected chi connectivity index (χ2v) is 3.38. The zero-order chi connectivity index (χ0) is 12.1. The maximum Gasteiger partial charge on any atom is 1.00 e. The Morgan fingerprint density at radius 2 is 1.71 bits per heavy atom. The predicted molar refractivity (Wildman–Crippen MR) is 64.4 cm³/mol. The molecule has 0 aliphatic rings. The summed E-state index contributed by atoms with van der Waals surface area (Å²) < 4.78 is 0. The predicted octanol–water partition coefficient (Wildman–Crippen LogP) is 0.0503. The number of fused-ring (bicyclic) bond motifs is 1. The van der Waals surface area contributed by atoms with Crippen LogP contribution in [-0.4, -0.2) is 16.3 Å². The van der Waals surface area contributed by atoms with E-state index in [4.69, 9.17) is 10.5 Å². The van der Waals surface area contributed by atoms with Gasteiger partial charge in [0.15, 0.2) is 0 Å². The van der Waals surface area contributed by atoms with Crippen molar-refractivity contribution >= 4 is 23.0 Å². The number of hydrogen-bond acceptors (Lipinski definition) is 3. The van der Waals surface area contributed by atoms with E-state index in [2.05, 4.69) is 9.97 Å². The summed E-state index contributed by atoms with van der Waals surface area (Å²) in [5.74, 6) is 0.299. The van der Waals surface area contributed by atoms with Gasteiger partial charge in [-0.1, -0.05) is 5.82 Å². The van der Waals surface area contributed by atoms with Gasteiger partial charge in [-0.2, -0.15) is 6.92 Å². The fourth-order valence-corrected chi connectivity index (χ4v) is 1.32. The van der Waals surface area contributed by atoms with Crippen LogP contribution in [-0.2, 0) is 4.79 Å². The van der Waals surface area contributed by atoms with E-state index in [0.717, 1.165) is 10.9 Å². The first-order valence-electron chi connectivity index (χ1n) is 4.82. The van der Waals surface area contributed by atoms with Gasteiger partial charge < -0.3 is 15.5 Å². The molecule has 0 aliphatic carbocycles. The van der Waals surface area contributed by atoms with Crippen LogP contribution < -0.4 is 51.4 Å². The van der Waals surface area contributed by atoms with Crippen molar-refractivity contribution < 1.29 is 56.2 Å². The van der Waals surface area contributed by atoms with Gasteiger partial charge in [-0.15, -0.1) is 0 Å². The van der Waals surface area contributed by atoms with Crippen LogP contribution in [0.15, 0.2) is 18.5 Å². The molecule has 0 radical (unpaired) electrons. The van der Waals surface area contributed by atoms with Crippen LogP contribution in [0, 0.1) is 13.8 Å². The smallest absolute Gasteiger partial charge is 0.542 e. The monoisotopic (exact) mass is 254 g/mol. The summed E-state index contributed by atoms with van der Waals surface area (Å²) in [7, 11) is 0. The Morgan fingerprint density at radius 3 is 2.29 bits per heavy atom. The number of nitrogens with one attached hydrogen (secondary N) is 1. The third-order valence-corrected chi connectivity index (χ3v) is 2.25. The third-order valence-electron chi connectivity index (χ3n) is 2.25. The maximum atomic E-state index is 8.68. The van der Waals surface area contributed by atoms with Gasteiger partial charge in [0.1, 0.15) is 0 Å². The second kappa shape index (κ2) is 7.89. The van der Waals surface area contributed by atoms with E-state index < -0.39 is 0 Å². The van der Waals surface area contributed by atoms with E-state index in [-0.39, 0.29) is 51.4 Å². The minimum absolute atomic E-state index is 0. The van der Waals surface area contributed by atoms with Crippen LogP contribution >= 0.6 is 0 Å². The molecule has 1 aromatic carbocycles. The van der Waals surface area contributed by atoms with Gasteiger partial charge in [0.25, 0.3) is 0 Å². The minimum Gasteiger partial charge on any atom is -0.542 e. The molecule has 2 aromatic rings.